The summed E-state index contributed by atoms with van der Waals surface area (Å²) in [5, 5.41) is 15.6. The number of nitrogens with one attached hydrogen (secondary N) is 2. The van der Waals surface area contributed by atoms with Gasteiger partial charge in [-0.25, -0.2) is 4.98 Å². The van der Waals surface area contributed by atoms with Crippen LogP contribution in [0.5, 0.6) is 0 Å². The number of para-hydroxylation sites is 1. The SMILES string of the molecule is CCCCn1c2ccccc2c2nnc(S[C@H](CC)C(=O)Nc3ccc(NC(C)=O)cc3)nc21. The molecule has 2 amide bonds. The number of carbonyl (C=O) groups is 2. The number of hydrogen-bond donors (Lipinski definition) is 2. The van der Waals surface area contributed by atoms with Crippen LogP contribution in [-0.2, 0) is 16.1 Å². The van der Waals surface area contributed by atoms with E-state index in [1.165, 1.54) is 18.7 Å². The number of nitrogens with zero attached hydrogens (tertiary/aromatic N) is 4. The lowest BCUT2D eigenvalue weighted by Gasteiger charge is -2.14. The highest BCUT2D eigenvalue weighted by atomic mass is 32.2. The number of amides is 2. The smallest absolute Gasteiger partial charge is 0.237 e. The first-order valence-electron chi connectivity index (χ1n) is 11.5. The van der Waals surface area contributed by atoms with Crippen molar-refractivity contribution in [3.8, 4) is 0 Å². The predicted octanol–water partition coefficient (Wildman–Crippen LogP) is 5.25. The van der Waals surface area contributed by atoms with Gasteiger partial charge in [-0.05, 0) is 43.2 Å². The molecular formula is C25H28N6O2S. The molecule has 4 rings (SSSR count). The number of aromatic nitrogens is 4. The zero-order valence-electron chi connectivity index (χ0n) is 19.5. The second-order valence-corrected chi connectivity index (χ2v) is 9.22. The molecule has 0 fully saturated rings. The average molecular weight is 477 g/mol. The van der Waals surface area contributed by atoms with E-state index in [4.69, 9.17) is 4.98 Å². The van der Waals surface area contributed by atoms with Gasteiger partial charge in [0.2, 0.25) is 17.0 Å². The monoisotopic (exact) mass is 476 g/mol. The summed E-state index contributed by atoms with van der Waals surface area (Å²) in [5.41, 5.74) is 4.02. The van der Waals surface area contributed by atoms with E-state index < -0.39 is 0 Å². The molecule has 0 saturated heterocycles. The lowest BCUT2D eigenvalue weighted by atomic mass is 10.2. The molecule has 0 aliphatic rings. The van der Waals surface area contributed by atoms with E-state index >= 15 is 0 Å². The molecule has 0 aliphatic heterocycles. The number of benzene rings is 2. The Hall–Kier alpha value is -3.46. The van der Waals surface area contributed by atoms with Crippen LogP contribution >= 0.6 is 11.8 Å². The summed E-state index contributed by atoms with van der Waals surface area (Å²) in [7, 11) is 0. The number of carbonyl (C=O) groups excluding carboxylic acids is 2. The zero-order valence-corrected chi connectivity index (χ0v) is 20.4. The Balaban J connectivity index is 1.54. The maximum Gasteiger partial charge on any atom is 0.237 e. The van der Waals surface area contributed by atoms with Crippen LogP contribution in [0.2, 0.25) is 0 Å². The number of thioether (sulfide) groups is 1. The van der Waals surface area contributed by atoms with Gasteiger partial charge in [0, 0.05) is 30.2 Å². The highest BCUT2D eigenvalue weighted by Gasteiger charge is 2.21. The number of fused-ring (bicyclic) bond motifs is 3. The van der Waals surface area contributed by atoms with Crippen LogP contribution in [0.1, 0.15) is 40.0 Å². The molecule has 2 aromatic carbocycles. The largest absolute Gasteiger partial charge is 0.326 e. The van der Waals surface area contributed by atoms with Gasteiger partial charge in [0.05, 0.1) is 10.8 Å². The third kappa shape index (κ3) is 5.20. The quantitative estimate of drug-likeness (QED) is 0.320. The fraction of sp³-hybridized carbons (Fsp3) is 0.320. The molecule has 1 atom stereocenters. The van der Waals surface area contributed by atoms with Gasteiger partial charge in [-0.2, -0.15) is 0 Å². The molecule has 0 saturated carbocycles. The van der Waals surface area contributed by atoms with Crippen molar-refractivity contribution in [2.45, 2.75) is 57.0 Å². The van der Waals surface area contributed by atoms with E-state index in [9.17, 15) is 9.59 Å². The van der Waals surface area contributed by atoms with Gasteiger partial charge in [0.25, 0.3) is 0 Å². The van der Waals surface area contributed by atoms with Crippen molar-refractivity contribution < 1.29 is 9.59 Å². The predicted molar refractivity (Wildman–Crippen MR) is 137 cm³/mol. The summed E-state index contributed by atoms with van der Waals surface area (Å²) in [6, 6.07) is 15.2. The van der Waals surface area contributed by atoms with Gasteiger partial charge in [-0.3, -0.25) is 9.59 Å². The first-order valence-corrected chi connectivity index (χ1v) is 12.3. The van der Waals surface area contributed by atoms with Crippen LogP contribution < -0.4 is 10.6 Å². The Bertz CT molecular complexity index is 1320. The molecule has 0 aliphatic carbocycles. The Morgan fingerprint density at radius 2 is 1.71 bits per heavy atom. The van der Waals surface area contributed by atoms with Gasteiger partial charge < -0.3 is 15.2 Å². The van der Waals surface area contributed by atoms with Gasteiger partial charge in [-0.1, -0.05) is 50.2 Å². The molecule has 34 heavy (non-hydrogen) atoms. The van der Waals surface area contributed by atoms with E-state index in [0.29, 0.717) is 23.0 Å². The van der Waals surface area contributed by atoms with Gasteiger partial charge in [0.15, 0.2) is 5.65 Å². The Morgan fingerprint density at radius 1 is 1.00 bits per heavy atom. The molecule has 2 heterocycles. The Kier molecular flexibility index (Phi) is 7.42. The van der Waals surface area contributed by atoms with Crippen LogP contribution in [0, 0.1) is 0 Å². The summed E-state index contributed by atoms with van der Waals surface area (Å²) in [6.07, 6.45) is 2.74. The normalized spacial score (nSPS) is 12.1. The molecule has 2 N–H and O–H groups in total. The molecule has 2 aromatic heterocycles. The molecular weight excluding hydrogens is 448 g/mol. The van der Waals surface area contributed by atoms with E-state index in [0.717, 1.165) is 41.5 Å². The van der Waals surface area contributed by atoms with Crippen molar-refractivity contribution in [3.63, 3.8) is 0 Å². The number of rotatable bonds is 9. The number of aryl methyl sites for hydroxylation is 1. The summed E-state index contributed by atoms with van der Waals surface area (Å²) in [4.78, 5) is 28.9. The van der Waals surface area contributed by atoms with Crippen LogP contribution in [0.15, 0.2) is 53.7 Å². The van der Waals surface area contributed by atoms with Crippen molar-refractivity contribution in [1.82, 2.24) is 19.7 Å². The minimum atomic E-state index is -0.372. The van der Waals surface area contributed by atoms with Crippen LogP contribution in [0.3, 0.4) is 0 Å². The highest BCUT2D eigenvalue weighted by Crippen LogP contribution is 2.29. The van der Waals surface area contributed by atoms with Crippen LogP contribution in [0.25, 0.3) is 22.1 Å². The second-order valence-electron chi connectivity index (χ2n) is 8.05. The molecule has 176 valence electrons. The molecule has 8 nitrogen and oxygen atoms in total. The highest BCUT2D eigenvalue weighted by molar-refractivity contribution is 8.00. The van der Waals surface area contributed by atoms with Crippen molar-refractivity contribution in [1.29, 1.82) is 0 Å². The van der Waals surface area contributed by atoms with E-state index in [-0.39, 0.29) is 17.1 Å². The molecule has 9 heteroatoms. The lowest BCUT2D eigenvalue weighted by molar-refractivity contribution is -0.116. The van der Waals surface area contributed by atoms with Gasteiger partial charge in [0.1, 0.15) is 5.52 Å². The summed E-state index contributed by atoms with van der Waals surface area (Å²) in [6.45, 7) is 6.44. The lowest BCUT2D eigenvalue weighted by Crippen LogP contribution is -2.25. The Labute approximate surface area is 202 Å². The third-order valence-corrected chi connectivity index (χ3v) is 6.69. The minimum absolute atomic E-state index is 0.130. The standard InChI is InChI=1S/C25H28N6O2S/c1-4-6-15-31-20-10-8-7-9-19(20)22-23(31)28-25(30-29-22)34-21(5-2)24(33)27-18-13-11-17(12-14-18)26-16(3)32/h7-14,21H,4-6,15H2,1-3H3,(H,26,32)(H,27,33)/t21-/m1/s1. The molecule has 0 spiro atoms. The summed E-state index contributed by atoms with van der Waals surface area (Å²) in [5.74, 6) is -0.270. The summed E-state index contributed by atoms with van der Waals surface area (Å²) < 4.78 is 2.20. The van der Waals surface area contributed by atoms with Crippen molar-refractivity contribution in [2.24, 2.45) is 0 Å². The van der Waals surface area contributed by atoms with Gasteiger partial charge in [-0.15, -0.1) is 10.2 Å². The molecule has 0 unspecified atom stereocenters. The molecule has 0 radical (unpaired) electrons. The van der Waals surface area contributed by atoms with Crippen molar-refractivity contribution in [3.05, 3.63) is 48.5 Å². The number of hydrogen-bond acceptors (Lipinski definition) is 6. The molecule has 4 aromatic rings. The zero-order chi connectivity index (χ0) is 24.1. The maximum absolute atomic E-state index is 12.9. The number of anilines is 2. The van der Waals surface area contributed by atoms with E-state index in [2.05, 4.69) is 38.4 Å². The van der Waals surface area contributed by atoms with E-state index in [1.54, 1.807) is 24.3 Å². The Morgan fingerprint density at radius 3 is 2.38 bits per heavy atom. The average Bonchev–Trinajstić information content (AvgIpc) is 3.15. The first kappa shape index (κ1) is 23.7. The van der Waals surface area contributed by atoms with Crippen molar-refractivity contribution in [2.75, 3.05) is 10.6 Å². The number of unbranched alkanes of at least 4 members (excludes halogenated alkanes) is 1. The third-order valence-electron chi connectivity index (χ3n) is 5.47. The summed E-state index contributed by atoms with van der Waals surface area (Å²) >= 11 is 1.32. The topological polar surface area (TPSA) is 102 Å². The fourth-order valence-corrected chi connectivity index (χ4v) is 4.61. The van der Waals surface area contributed by atoms with Gasteiger partial charge >= 0.3 is 0 Å². The fourth-order valence-electron chi connectivity index (χ4n) is 3.79. The molecule has 0 bridgehead atoms. The minimum Gasteiger partial charge on any atom is -0.326 e. The first-order chi connectivity index (χ1) is 16.5. The van der Waals surface area contributed by atoms with Crippen molar-refractivity contribution >= 4 is 57.0 Å². The second kappa shape index (κ2) is 10.6. The van der Waals surface area contributed by atoms with Crippen LogP contribution in [0.4, 0.5) is 11.4 Å². The van der Waals surface area contributed by atoms with E-state index in [1.807, 2.05) is 25.1 Å². The van der Waals surface area contributed by atoms with Crippen LogP contribution in [-0.4, -0.2) is 36.8 Å². The maximum atomic E-state index is 12.9.